The molecule has 1 aliphatic rings. The molecule has 1 aromatic carbocycles. The van der Waals surface area contributed by atoms with Crippen LogP contribution in [0, 0.1) is 0 Å². The van der Waals surface area contributed by atoms with Crippen molar-refractivity contribution in [1.29, 1.82) is 0 Å². The van der Waals surface area contributed by atoms with Gasteiger partial charge in [0.1, 0.15) is 5.75 Å². The number of methoxy groups -OCH3 is 1. The average Bonchev–Trinajstić information content (AvgIpc) is 2.52. The molecule has 0 spiro atoms. The summed E-state index contributed by atoms with van der Waals surface area (Å²) in [5, 5.41) is 0. The molecule has 2 N–H and O–H groups in total. The van der Waals surface area contributed by atoms with E-state index in [1.165, 1.54) is 0 Å². The van der Waals surface area contributed by atoms with Crippen LogP contribution >= 0.6 is 0 Å². The first kappa shape index (κ1) is 15.8. The molecule has 5 heteroatoms. The number of ether oxygens (including phenoxy) is 2. The zero-order chi connectivity index (χ0) is 15.3. The molecule has 1 aromatic rings. The molecule has 0 saturated carbocycles. The van der Waals surface area contributed by atoms with Crippen molar-refractivity contribution < 1.29 is 14.3 Å². The van der Waals surface area contributed by atoms with Gasteiger partial charge < -0.3 is 20.1 Å². The van der Waals surface area contributed by atoms with Crippen molar-refractivity contribution in [3.05, 3.63) is 29.8 Å². The van der Waals surface area contributed by atoms with Crippen molar-refractivity contribution >= 4 is 5.91 Å². The predicted molar refractivity (Wildman–Crippen MR) is 81.3 cm³/mol. The minimum absolute atomic E-state index is 0.000646. The van der Waals surface area contributed by atoms with Crippen molar-refractivity contribution in [3.8, 4) is 5.75 Å². The summed E-state index contributed by atoms with van der Waals surface area (Å²) >= 11 is 0. The fraction of sp³-hybridized carbons (Fsp3) is 0.562. The van der Waals surface area contributed by atoms with Crippen LogP contribution in [-0.4, -0.2) is 50.3 Å². The fourth-order valence-corrected chi connectivity index (χ4v) is 2.63. The second-order valence-corrected chi connectivity index (χ2v) is 5.56. The van der Waals surface area contributed by atoms with E-state index in [0.717, 1.165) is 17.7 Å². The van der Waals surface area contributed by atoms with Gasteiger partial charge in [-0.1, -0.05) is 18.2 Å². The number of rotatable bonds is 5. The summed E-state index contributed by atoms with van der Waals surface area (Å²) < 4.78 is 10.6. The van der Waals surface area contributed by atoms with Gasteiger partial charge in [0, 0.05) is 26.8 Å². The van der Waals surface area contributed by atoms with Gasteiger partial charge in [-0.15, -0.1) is 0 Å². The number of hydrogen-bond donors (Lipinski definition) is 1. The molecule has 1 amide bonds. The smallest absolute Gasteiger partial charge is 0.242 e. The largest absolute Gasteiger partial charge is 0.496 e. The normalized spacial score (nSPS) is 17.3. The molecular weight excluding hydrogens is 268 g/mol. The van der Waals surface area contributed by atoms with Crippen LogP contribution in [-0.2, 0) is 16.0 Å². The topological polar surface area (TPSA) is 64.8 Å². The lowest BCUT2D eigenvalue weighted by molar-refractivity contribution is -0.139. The molecule has 1 saturated heterocycles. The van der Waals surface area contributed by atoms with E-state index in [-0.39, 0.29) is 5.91 Å². The van der Waals surface area contributed by atoms with E-state index in [4.69, 9.17) is 15.2 Å². The third kappa shape index (κ3) is 3.74. The lowest BCUT2D eigenvalue weighted by atomic mass is 9.89. The van der Waals surface area contributed by atoms with E-state index in [9.17, 15) is 4.79 Å². The molecule has 2 rings (SSSR count). The zero-order valence-electron chi connectivity index (χ0n) is 12.8. The summed E-state index contributed by atoms with van der Waals surface area (Å²) in [6, 6.07) is 7.86. The molecule has 1 aliphatic heterocycles. The molecule has 0 atom stereocenters. The van der Waals surface area contributed by atoms with E-state index < -0.39 is 5.54 Å². The van der Waals surface area contributed by atoms with Crippen molar-refractivity contribution in [2.24, 2.45) is 5.73 Å². The van der Waals surface area contributed by atoms with E-state index in [1.807, 2.05) is 31.3 Å². The highest BCUT2D eigenvalue weighted by Gasteiger charge is 2.37. The first-order chi connectivity index (χ1) is 10.1. The number of nitrogens with two attached hydrogens (primary N) is 1. The van der Waals surface area contributed by atoms with Crippen molar-refractivity contribution in [2.75, 3.05) is 33.9 Å². The highest BCUT2D eigenvalue weighted by Crippen LogP contribution is 2.21. The first-order valence-electron chi connectivity index (χ1n) is 7.31. The number of nitrogens with zero attached hydrogens (tertiary/aromatic N) is 1. The molecule has 0 radical (unpaired) electrons. The Hall–Kier alpha value is -1.59. The maximum absolute atomic E-state index is 12.5. The monoisotopic (exact) mass is 292 g/mol. The van der Waals surface area contributed by atoms with E-state index in [0.29, 0.717) is 32.6 Å². The fourth-order valence-electron chi connectivity index (χ4n) is 2.63. The second-order valence-electron chi connectivity index (χ2n) is 5.56. The molecule has 0 aliphatic carbocycles. The summed E-state index contributed by atoms with van der Waals surface area (Å²) in [5.41, 5.74) is 6.56. The van der Waals surface area contributed by atoms with Gasteiger partial charge in [0.15, 0.2) is 0 Å². The number of benzene rings is 1. The standard InChI is InChI=1S/C16H24N2O3/c1-18(15(19)16(17)8-11-21-12-9-16)10-7-13-5-3-4-6-14(13)20-2/h3-6H,7-12,17H2,1-2H3. The van der Waals surface area contributed by atoms with Crippen LogP contribution in [0.15, 0.2) is 24.3 Å². The van der Waals surface area contributed by atoms with Crippen molar-refractivity contribution in [3.63, 3.8) is 0 Å². The Kier molecular flexibility index (Phi) is 5.20. The van der Waals surface area contributed by atoms with E-state index in [1.54, 1.807) is 12.0 Å². The van der Waals surface area contributed by atoms with Crippen LogP contribution in [0.2, 0.25) is 0 Å². The van der Waals surface area contributed by atoms with Crippen molar-refractivity contribution in [2.45, 2.75) is 24.8 Å². The Bertz CT molecular complexity index is 484. The molecule has 116 valence electrons. The number of para-hydroxylation sites is 1. The van der Waals surface area contributed by atoms with Crippen LogP contribution < -0.4 is 10.5 Å². The molecular formula is C16H24N2O3. The molecule has 0 aromatic heterocycles. The summed E-state index contributed by atoms with van der Waals surface area (Å²) in [7, 11) is 3.46. The summed E-state index contributed by atoms with van der Waals surface area (Å²) in [5.74, 6) is 0.854. The molecule has 21 heavy (non-hydrogen) atoms. The maximum atomic E-state index is 12.5. The number of hydrogen-bond acceptors (Lipinski definition) is 4. The second kappa shape index (κ2) is 6.91. The van der Waals surface area contributed by atoms with Crippen LogP contribution in [0.3, 0.4) is 0 Å². The van der Waals surface area contributed by atoms with Gasteiger partial charge in [0.25, 0.3) is 0 Å². The van der Waals surface area contributed by atoms with Gasteiger partial charge in [-0.05, 0) is 30.9 Å². The van der Waals surface area contributed by atoms with E-state index >= 15 is 0 Å². The van der Waals surface area contributed by atoms with E-state index in [2.05, 4.69) is 0 Å². The zero-order valence-corrected chi connectivity index (χ0v) is 12.8. The molecule has 5 nitrogen and oxygen atoms in total. The Morgan fingerprint density at radius 3 is 2.71 bits per heavy atom. The lowest BCUT2D eigenvalue weighted by Gasteiger charge is -2.35. The highest BCUT2D eigenvalue weighted by molar-refractivity contribution is 5.86. The van der Waals surface area contributed by atoms with Gasteiger partial charge in [-0.3, -0.25) is 4.79 Å². The van der Waals surface area contributed by atoms with Crippen LogP contribution in [0.4, 0.5) is 0 Å². The summed E-state index contributed by atoms with van der Waals surface area (Å²) in [6.07, 6.45) is 1.93. The summed E-state index contributed by atoms with van der Waals surface area (Å²) in [6.45, 7) is 1.74. The van der Waals surface area contributed by atoms with Gasteiger partial charge >= 0.3 is 0 Å². The van der Waals surface area contributed by atoms with Gasteiger partial charge in [0.05, 0.1) is 12.6 Å². The van der Waals surface area contributed by atoms with Gasteiger partial charge in [0.2, 0.25) is 5.91 Å². The molecule has 1 heterocycles. The summed E-state index contributed by atoms with van der Waals surface area (Å²) in [4.78, 5) is 14.2. The Labute approximate surface area is 126 Å². The molecule has 0 unspecified atom stereocenters. The highest BCUT2D eigenvalue weighted by atomic mass is 16.5. The SMILES string of the molecule is COc1ccccc1CCN(C)C(=O)C1(N)CCOCC1. The number of amides is 1. The third-order valence-corrected chi connectivity index (χ3v) is 4.07. The number of carbonyl (C=O) groups is 1. The average molecular weight is 292 g/mol. The Morgan fingerprint density at radius 2 is 2.05 bits per heavy atom. The quantitative estimate of drug-likeness (QED) is 0.886. The minimum Gasteiger partial charge on any atom is -0.496 e. The molecule has 0 bridgehead atoms. The minimum atomic E-state index is -0.770. The Morgan fingerprint density at radius 1 is 1.38 bits per heavy atom. The molecule has 1 fully saturated rings. The van der Waals surface area contributed by atoms with Crippen molar-refractivity contribution in [1.82, 2.24) is 4.90 Å². The van der Waals surface area contributed by atoms with Crippen LogP contribution in [0.5, 0.6) is 5.75 Å². The lowest BCUT2D eigenvalue weighted by Crippen LogP contribution is -2.57. The Balaban J connectivity index is 1.94. The predicted octanol–water partition coefficient (Wildman–Crippen LogP) is 1.20. The van der Waals surface area contributed by atoms with Crippen LogP contribution in [0.25, 0.3) is 0 Å². The number of likely N-dealkylation sites (N-methyl/N-ethyl adjacent to an activating group) is 1. The number of carbonyl (C=O) groups excluding carboxylic acids is 1. The maximum Gasteiger partial charge on any atom is 0.242 e. The van der Waals surface area contributed by atoms with Crippen LogP contribution in [0.1, 0.15) is 18.4 Å². The van der Waals surface area contributed by atoms with Gasteiger partial charge in [-0.25, -0.2) is 0 Å². The first-order valence-corrected chi connectivity index (χ1v) is 7.31. The third-order valence-electron chi connectivity index (χ3n) is 4.07. The van der Waals surface area contributed by atoms with Gasteiger partial charge in [-0.2, -0.15) is 0 Å².